The molecule has 21 heavy (non-hydrogen) atoms. The van der Waals surface area contributed by atoms with Crippen molar-refractivity contribution in [2.45, 2.75) is 57.8 Å². The summed E-state index contributed by atoms with van der Waals surface area (Å²) < 4.78 is 5.42. The Bertz CT molecular complexity index is 310. The summed E-state index contributed by atoms with van der Waals surface area (Å²) in [6.07, 6.45) is 5.37. The van der Waals surface area contributed by atoms with Crippen molar-refractivity contribution in [1.29, 1.82) is 0 Å². The maximum atomic E-state index is 12.0. The first-order valence-corrected chi connectivity index (χ1v) is 9.32. The summed E-state index contributed by atoms with van der Waals surface area (Å²) in [4.78, 5) is 13.8. The molecule has 0 aliphatic carbocycles. The molecule has 1 aliphatic rings. The second-order valence-corrected chi connectivity index (χ2v) is 8.23. The molecule has 5 heteroatoms. The minimum absolute atomic E-state index is 0.164. The largest absolute Gasteiger partial charge is 0.444 e. The highest BCUT2D eigenvalue weighted by molar-refractivity contribution is 7.99. The molecule has 0 bridgehead atoms. The summed E-state index contributed by atoms with van der Waals surface area (Å²) in [7, 11) is 0. The van der Waals surface area contributed by atoms with Gasteiger partial charge in [0.25, 0.3) is 0 Å². The summed E-state index contributed by atoms with van der Waals surface area (Å²) in [5.41, 5.74) is -0.399. The molecule has 1 saturated heterocycles. The van der Waals surface area contributed by atoms with Crippen LogP contribution in [-0.4, -0.2) is 54.3 Å². The van der Waals surface area contributed by atoms with E-state index in [9.17, 15) is 4.79 Å². The quantitative estimate of drug-likeness (QED) is 0.763. The molecule has 1 N–H and O–H groups in total. The van der Waals surface area contributed by atoms with Gasteiger partial charge in [-0.05, 0) is 65.3 Å². The SMILES string of the molecule is CSC(C)CCNCC1CCN(C(=O)OC(C)(C)C)CC1. The molecule has 124 valence electrons. The molecule has 0 saturated carbocycles. The molecular weight excluding hydrogens is 284 g/mol. The summed E-state index contributed by atoms with van der Waals surface area (Å²) in [5, 5.41) is 4.28. The van der Waals surface area contributed by atoms with Gasteiger partial charge in [-0.1, -0.05) is 6.92 Å². The monoisotopic (exact) mass is 316 g/mol. The molecule has 1 amide bonds. The van der Waals surface area contributed by atoms with E-state index in [4.69, 9.17) is 4.74 Å². The maximum absolute atomic E-state index is 12.0. The molecule has 0 aromatic rings. The van der Waals surface area contributed by atoms with Gasteiger partial charge in [0.1, 0.15) is 5.60 Å². The van der Waals surface area contributed by atoms with Crippen molar-refractivity contribution in [2.24, 2.45) is 5.92 Å². The average molecular weight is 317 g/mol. The Balaban J connectivity index is 2.16. The van der Waals surface area contributed by atoms with Crippen molar-refractivity contribution in [3.05, 3.63) is 0 Å². The first-order valence-electron chi connectivity index (χ1n) is 8.03. The smallest absolute Gasteiger partial charge is 0.410 e. The molecule has 0 aromatic heterocycles. The number of amides is 1. The lowest BCUT2D eigenvalue weighted by atomic mass is 9.97. The number of carbonyl (C=O) groups excluding carboxylic acids is 1. The topological polar surface area (TPSA) is 41.6 Å². The fraction of sp³-hybridized carbons (Fsp3) is 0.938. The Hall–Kier alpha value is -0.420. The second-order valence-electron chi connectivity index (χ2n) is 6.95. The number of nitrogens with one attached hydrogen (secondary N) is 1. The van der Waals surface area contributed by atoms with E-state index >= 15 is 0 Å². The van der Waals surface area contributed by atoms with E-state index in [-0.39, 0.29) is 6.09 Å². The Labute approximate surface area is 134 Å². The molecule has 1 aliphatic heterocycles. The molecule has 1 atom stereocenters. The van der Waals surface area contributed by atoms with E-state index in [2.05, 4.69) is 18.5 Å². The van der Waals surface area contributed by atoms with Gasteiger partial charge in [0.05, 0.1) is 0 Å². The van der Waals surface area contributed by atoms with Gasteiger partial charge in [-0.3, -0.25) is 0 Å². The Morgan fingerprint density at radius 2 is 2.00 bits per heavy atom. The molecule has 1 fully saturated rings. The van der Waals surface area contributed by atoms with Gasteiger partial charge in [-0.25, -0.2) is 4.79 Å². The number of ether oxygens (including phenoxy) is 1. The highest BCUT2D eigenvalue weighted by atomic mass is 32.2. The predicted molar refractivity (Wildman–Crippen MR) is 91.0 cm³/mol. The van der Waals surface area contributed by atoms with Gasteiger partial charge >= 0.3 is 6.09 Å². The summed E-state index contributed by atoms with van der Waals surface area (Å²) >= 11 is 1.92. The van der Waals surface area contributed by atoms with E-state index in [0.717, 1.165) is 44.3 Å². The number of hydrogen-bond acceptors (Lipinski definition) is 4. The third-order valence-electron chi connectivity index (χ3n) is 3.83. The van der Waals surface area contributed by atoms with Crippen LogP contribution in [0.2, 0.25) is 0 Å². The normalized spacial score (nSPS) is 18.6. The fourth-order valence-corrected chi connectivity index (χ4v) is 2.73. The number of thioether (sulfide) groups is 1. The Morgan fingerprint density at radius 3 is 2.52 bits per heavy atom. The molecule has 1 rings (SSSR count). The summed E-state index contributed by atoms with van der Waals surface area (Å²) in [5.74, 6) is 0.688. The van der Waals surface area contributed by atoms with Crippen molar-refractivity contribution < 1.29 is 9.53 Å². The van der Waals surface area contributed by atoms with Crippen LogP contribution in [-0.2, 0) is 4.74 Å². The van der Waals surface area contributed by atoms with E-state index in [1.54, 1.807) is 0 Å². The zero-order chi connectivity index (χ0) is 15.9. The lowest BCUT2D eigenvalue weighted by molar-refractivity contribution is 0.0184. The van der Waals surface area contributed by atoms with E-state index in [0.29, 0.717) is 5.92 Å². The van der Waals surface area contributed by atoms with Crippen LogP contribution in [0.1, 0.15) is 47.0 Å². The van der Waals surface area contributed by atoms with Crippen LogP contribution in [0.25, 0.3) is 0 Å². The lowest BCUT2D eigenvalue weighted by Gasteiger charge is -2.33. The van der Waals surface area contributed by atoms with Gasteiger partial charge in [0, 0.05) is 18.3 Å². The zero-order valence-corrected chi connectivity index (χ0v) is 15.1. The molecule has 1 unspecified atom stereocenters. The predicted octanol–water partition coefficient (Wildman–Crippen LogP) is 3.36. The number of rotatable bonds is 6. The Morgan fingerprint density at radius 1 is 1.38 bits per heavy atom. The minimum atomic E-state index is -0.399. The lowest BCUT2D eigenvalue weighted by Crippen LogP contribution is -2.43. The number of piperidine rings is 1. The third-order valence-corrected chi connectivity index (χ3v) is 4.87. The third kappa shape index (κ3) is 7.96. The number of hydrogen-bond donors (Lipinski definition) is 1. The van der Waals surface area contributed by atoms with Crippen LogP contribution in [0.5, 0.6) is 0 Å². The van der Waals surface area contributed by atoms with Crippen LogP contribution >= 0.6 is 11.8 Å². The molecule has 0 spiro atoms. The average Bonchev–Trinajstić information content (AvgIpc) is 2.42. The van der Waals surface area contributed by atoms with Crippen LogP contribution in [0.15, 0.2) is 0 Å². The molecule has 0 radical (unpaired) electrons. The van der Waals surface area contributed by atoms with Crippen molar-refractivity contribution in [3.8, 4) is 0 Å². The van der Waals surface area contributed by atoms with Gasteiger partial charge < -0.3 is 15.0 Å². The van der Waals surface area contributed by atoms with Gasteiger partial charge in [-0.2, -0.15) is 11.8 Å². The number of carbonyl (C=O) groups is 1. The number of likely N-dealkylation sites (tertiary alicyclic amines) is 1. The van der Waals surface area contributed by atoms with Crippen molar-refractivity contribution in [1.82, 2.24) is 10.2 Å². The maximum Gasteiger partial charge on any atom is 0.410 e. The van der Waals surface area contributed by atoms with E-state index < -0.39 is 5.60 Å². The van der Waals surface area contributed by atoms with Gasteiger partial charge in [0.2, 0.25) is 0 Å². The van der Waals surface area contributed by atoms with Crippen molar-refractivity contribution in [2.75, 3.05) is 32.4 Å². The van der Waals surface area contributed by atoms with Crippen LogP contribution < -0.4 is 5.32 Å². The van der Waals surface area contributed by atoms with Crippen LogP contribution in [0, 0.1) is 5.92 Å². The van der Waals surface area contributed by atoms with Gasteiger partial charge in [-0.15, -0.1) is 0 Å². The van der Waals surface area contributed by atoms with E-state index in [1.807, 2.05) is 37.4 Å². The van der Waals surface area contributed by atoms with Crippen molar-refractivity contribution in [3.63, 3.8) is 0 Å². The van der Waals surface area contributed by atoms with Crippen molar-refractivity contribution >= 4 is 17.9 Å². The van der Waals surface area contributed by atoms with Gasteiger partial charge in [0.15, 0.2) is 0 Å². The molecular formula is C16H32N2O2S. The fourth-order valence-electron chi connectivity index (χ4n) is 2.38. The zero-order valence-electron chi connectivity index (χ0n) is 14.3. The summed E-state index contributed by atoms with van der Waals surface area (Å²) in [6.45, 7) is 11.8. The molecule has 4 nitrogen and oxygen atoms in total. The molecule has 0 aromatic carbocycles. The first-order chi connectivity index (χ1) is 9.81. The van der Waals surface area contributed by atoms with Crippen LogP contribution in [0.3, 0.4) is 0 Å². The van der Waals surface area contributed by atoms with Crippen LogP contribution in [0.4, 0.5) is 4.79 Å². The minimum Gasteiger partial charge on any atom is -0.444 e. The highest BCUT2D eigenvalue weighted by Crippen LogP contribution is 2.19. The van der Waals surface area contributed by atoms with E-state index in [1.165, 1.54) is 6.42 Å². The second kappa shape index (κ2) is 8.89. The standard InChI is InChI=1S/C16H32N2O2S/c1-13(21-5)6-9-17-12-14-7-10-18(11-8-14)15(19)20-16(2,3)4/h13-14,17H,6-12H2,1-5H3. The highest BCUT2D eigenvalue weighted by Gasteiger charge is 2.26. The first kappa shape index (κ1) is 18.6. The molecule has 1 heterocycles. The Kier molecular flexibility index (Phi) is 7.88. The number of nitrogens with zero attached hydrogens (tertiary/aromatic N) is 1. The summed E-state index contributed by atoms with van der Waals surface area (Å²) in [6, 6.07) is 0.